The predicted molar refractivity (Wildman–Crippen MR) is 100 cm³/mol. The van der Waals surface area contributed by atoms with Gasteiger partial charge in [0, 0.05) is 12.2 Å². The van der Waals surface area contributed by atoms with Gasteiger partial charge in [-0.2, -0.15) is 0 Å². The van der Waals surface area contributed by atoms with Gasteiger partial charge in [0.2, 0.25) is 5.91 Å². The first kappa shape index (κ1) is 17.8. The Morgan fingerprint density at radius 1 is 0.885 bits per heavy atom. The van der Waals surface area contributed by atoms with E-state index in [1.54, 1.807) is 24.3 Å². The molecule has 26 heavy (non-hydrogen) atoms. The van der Waals surface area contributed by atoms with Gasteiger partial charge < -0.3 is 15.1 Å². The lowest BCUT2D eigenvalue weighted by Gasteiger charge is -2.07. The van der Waals surface area contributed by atoms with Gasteiger partial charge in [-0.25, -0.2) is 0 Å². The van der Waals surface area contributed by atoms with Crippen molar-refractivity contribution in [2.75, 3.05) is 5.32 Å². The van der Waals surface area contributed by atoms with Crippen LogP contribution >= 0.6 is 11.6 Å². The second-order valence-electron chi connectivity index (χ2n) is 5.69. The molecule has 0 unspecified atom stereocenters. The Kier molecular flexibility index (Phi) is 5.71. The van der Waals surface area contributed by atoms with Crippen LogP contribution in [0.5, 0.6) is 0 Å². The van der Waals surface area contributed by atoms with Gasteiger partial charge in [0.1, 0.15) is 0 Å². The van der Waals surface area contributed by atoms with E-state index in [9.17, 15) is 9.59 Å². The van der Waals surface area contributed by atoms with Crippen LogP contribution in [-0.4, -0.2) is 11.8 Å². The Morgan fingerprint density at radius 3 is 2.27 bits per heavy atom. The molecule has 0 bridgehead atoms. The molecule has 0 radical (unpaired) electrons. The van der Waals surface area contributed by atoms with Crippen LogP contribution in [0.4, 0.5) is 5.69 Å². The van der Waals surface area contributed by atoms with E-state index in [-0.39, 0.29) is 29.2 Å². The minimum atomic E-state index is -0.384. The van der Waals surface area contributed by atoms with Crippen LogP contribution in [-0.2, 0) is 17.8 Å². The first-order valence-electron chi connectivity index (χ1n) is 8.06. The van der Waals surface area contributed by atoms with Gasteiger partial charge in [-0.05, 0) is 47.0 Å². The number of carbonyl (C=O) groups excluding carboxylic acids is 2. The zero-order valence-electron chi connectivity index (χ0n) is 13.9. The summed E-state index contributed by atoms with van der Waals surface area (Å²) in [5.74, 6) is -0.305. The number of nitrogens with one attached hydrogen (secondary N) is 2. The van der Waals surface area contributed by atoms with E-state index >= 15 is 0 Å². The smallest absolute Gasteiger partial charge is 0.291 e. The molecule has 0 aliphatic carbocycles. The van der Waals surface area contributed by atoms with Gasteiger partial charge >= 0.3 is 0 Å². The summed E-state index contributed by atoms with van der Waals surface area (Å²) in [4.78, 5) is 24.0. The minimum absolute atomic E-state index is 0.0594. The van der Waals surface area contributed by atoms with Crippen molar-refractivity contribution in [2.24, 2.45) is 0 Å². The number of hydrogen-bond donors (Lipinski definition) is 2. The van der Waals surface area contributed by atoms with Crippen molar-refractivity contribution in [3.63, 3.8) is 0 Å². The van der Waals surface area contributed by atoms with Gasteiger partial charge in [0.25, 0.3) is 5.91 Å². The minimum Gasteiger partial charge on any atom is -0.440 e. The molecule has 5 nitrogen and oxygen atoms in total. The highest BCUT2D eigenvalue weighted by Crippen LogP contribution is 2.16. The Balaban J connectivity index is 1.51. The highest BCUT2D eigenvalue weighted by Gasteiger charge is 2.11. The van der Waals surface area contributed by atoms with Gasteiger partial charge in [0.15, 0.2) is 11.0 Å². The molecular formula is C20H17ClN2O3. The van der Waals surface area contributed by atoms with Crippen molar-refractivity contribution in [1.82, 2.24) is 5.32 Å². The number of amides is 2. The van der Waals surface area contributed by atoms with Crippen LogP contribution in [0, 0.1) is 0 Å². The highest BCUT2D eigenvalue weighted by atomic mass is 35.5. The van der Waals surface area contributed by atoms with Crippen molar-refractivity contribution < 1.29 is 14.0 Å². The van der Waals surface area contributed by atoms with Crippen LogP contribution in [0.25, 0.3) is 0 Å². The summed E-state index contributed by atoms with van der Waals surface area (Å²) >= 11 is 5.66. The summed E-state index contributed by atoms with van der Waals surface area (Å²) in [5, 5.41) is 5.75. The summed E-state index contributed by atoms with van der Waals surface area (Å²) in [6.07, 6.45) is 0.273. The zero-order valence-corrected chi connectivity index (χ0v) is 14.6. The second kappa shape index (κ2) is 8.36. The molecular weight excluding hydrogens is 352 g/mol. The molecule has 3 rings (SSSR count). The topological polar surface area (TPSA) is 71.3 Å². The van der Waals surface area contributed by atoms with E-state index in [1.165, 1.54) is 12.1 Å². The maximum absolute atomic E-state index is 12.0. The molecule has 0 atom stereocenters. The van der Waals surface area contributed by atoms with Gasteiger partial charge in [0.05, 0.1) is 6.42 Å². The summed E-state index contributed by atoms with van der Waals surface area (Å²) in [6, 6.07) is 19.8. The quantitative estimate of drug-likeness (QED) is 0.689. The normalized spacial score (nSPS) is 10.3. The molecule has 0 saturated heterocycles. The molecule has 1 heterocycles. The second-order valence-corrected chi connectivity index (χ2v) is 6.07. The molecule has 0 spiro atoms. The lowest BCUT2D eigenvalue weighted by molar-refractivity contribution is -0.120. The lowest BCUT2D eigenvalue weighted by Crippen LogP contribution is -2.24. The monoisotopic (exact) mass is 368 g/mol. The summed E-state index contributed by atoms with van der Waals surface area (Å²) < 4.78 is 5.06. The Hall–Kier alpha value is -3.05. The van der Waals surface area contributed by atoms with Crippen molar-refractivity contribution >= 4 is 29.1 Å². The third-order valence-corrected chi connectivity index (χ3v) is 3.91. The fourth-order valence-electron chi connectivity index (χ4n) is 2.38. The molecule has 1 aromatic heterocycles. The number of furan rings is 1. The molecule has 2 N–H and O–H groups in total. The lowest BCUT2D eigenvalue weighted by atomic mass is 10.1. The molecule has 0 aliphatic heterocycles. The van der Waals surface area contributed by atoms with Crippen LogP contribution in [0.2, 0.25) is 5.22 Å². The highest BCUT2D eigenvalue weighted by molar-refractivity contribution is 6.29. The van der Waals surface area contributed by atoms with Gasteiger partial charge in [-0.15, -0.1) is 0 Å². The molecule has 0 fully saturated rings. The van der Waals surface area contributed by atoms with Gasteiger partial charge in [-0.1, -0.05) is 42.5 Å². The largest absolute Gasteiger partial charge is 0.440 e. The Morgan fingerprint density at radius 2 is 1.62 bits per heavy atom. The number of carbonyl (C=O) groups is 2. The molecule has 6 heteroatoms. The maximum atomic E-state index is 12.0. The molecule has 2 aromatic carbocycles. The number of halogens is 1. The average molecular weight is 369 g/mol. The third-order valence-electron chi connectivity index (χ3n) is 3.71. The van der Waals surface area contributed by atoms with E-state index in [0.29, 0.717) is 12.2 Å². The number of anilines is 1. The van der Waals surface area contributed by atoms with E-state index in [2.05, 4.69) is 10.6 Å². The summed E-state index contributed by atoms with van der Waals surface area (Å²) in [5.41, 5.74) is 2.52. The Labute approximate surface area is 156 Å². The third kappa shape index (κ3) is 4.97. The molecule has 0 aliphatic rings. The molecule has 132 valence electrons. The van der Waals surface area contributed by atoms with Gasteiger partial charge in [-0.3, -0.25) is 9.59 Å². The van der Waals surface area contributed by atoms with E-state index in [1.807, 2.05) is 30.3 Å². The van der Waals surface area contributed by atoms with Crippen LogP contribution in [0.15, 0.2) is 71.1 Å². The molecule has 3 aromatic rings. The fourth-order valence-corrected chi connectivity index (χ4v) is 2.53. The summed E-state index contributed by atoms with van der Waals surface area (Å²) in [6.45, 7) is 0.500. The zero-order chi connectivity index (χ0) is 18.4. The number of hydrogen-bond acceptors (Lipinski definition) is 3. The van der Waals surface area contributed by atoms with E-state index in [0.717, 1.165) is 11.1 Å². The van der Waals surface area contributed by atoms with E-state index in [4.69, 9.17) is 16.0 Å². The van der Waals surface area contributed by atoms with Crippen molar-refractivity contribution in [2.45, 2.75) is 13.0 Å². The van der Waals surface area contributed by atoms with Crippen LogP contribution in [0.1, 0.15) is 21.7 Å². The van der Waals surface area contributed by atoms with Crippen LogP contribution < -0.4 is 10.6 Å². The molecule has 0 saturated carbocycles. The summed E-state index contributed by atoms with van der Waals surface area (Å²) in [7, 11) is 0. The predicted octanol–water partition coefficient (Wildman–Crippen LogP) is 4.04. The molecule has 2 amide bonds. The van der Waals surface area contributed by atoms with Crippen molar-refractivity contribution in [1.29, 1.82) is 0 Å². The first-order chi connectivity index (χ1) is 12.6. The number of benzene rings is 2. The van der Waals surface area contributed by atoms with Crippen LogP contribution in [0.3, 0.4) is 0 Å². The van der Waals surface area contributed by atoms with Crippen molar-refractivity contribution in [3.05, 3.63) is 88.8 Å². The fraction of sp³-hybridized carbons (Fsp3) is 0.100. The average Bonchev–Trinajstić information content (AvgIpc) is 3.09. The Bertz CT molecular complexity index is 889. The standard InChI is InChI=1S/C20H17ClN2O3/c21-18-11-10-17(26-18)20(25)23-16-8-6-14(7-9-16)12-19(24)22-13-15-4-2-1-3-5-15/h1-11H,12-13H2,(H,22,24)(H,23,25). The maximum Gasteiger partial charge on any atom is 0.291 e. The number of rotatable bonds is 6. The van der Waals surface area contributed by atoms with Crippen molar-refractivity contribution in [3.8, 4) is 0 Å². The first-order valence-corrected chi connectivity index (χ1v) is 8.44. The SMILES string of the molecule is O=C(Cc1ccc(NC(=O)c2ccc(Cl)o2)cc1)NCc1ccccc1. The van der Waals surface area contributed by atoms with E-state index < -0.39 is 0 Å².